The fourth-order valence-corrected chi connectivity index (χ4v) is 2.40. The summed E-state index contributed by atoms with van der Waals surface area (Å²) in [5, 5.41) is 2.07. The van der Waals surface area contributed by atoms with Crippen molar-refractivity contribution >= 4 is 11.3 Å². The van der Waals surface area contributed by atoms with Gasteiger partial charge in [-0.05, 0) is 19.2 Å². The van der Waals surface area contributed by atoms with Crippen molar-refractivity contribution < 1.29 is 4.74 Å². The molecule has 0 aliphatic rings. The number of ether oxygens (including phenoxy) is 1. The van der Waals surface area contributed by atoms with Crippen molar-refractivity contribution in [2.24, 2.45) is 0 Å². The lowest BCUT2D eigenvalue weighted by Gasteiger charge is -2.26. The minimum Gasteiger partial charge on any atom is -0.383 e. The topological polar surface area (TPSA) is 38.2 Å². The van der Waals surface area contributed by atoms with Gasteiger partial charge in [-0.15, -0.1) is 11.3 Å². The van der Waals surface area contributed by atoms with Gasteiger partial charge >= 0.3 is 0 Å². The highest BCUT2D eigenvalue weighted by molar-refractivity contribution is 7.07. The Balaban J connectivity index is 2.09. The van der Waals surface area contributed by atoms with Gasteiger partial charge in [0.2, 0.25) is 0 Å². The summed E-state index contributed by atoms with van der Waals surface area (Å²) in [6.45, 7) is 1.42. The molecule has 2 aromatic rings. The number of likely N-dealkylation sites (N-methyl/N-ethyl adjacent to an activating group) is 1. The molecule has 0 saturated carbocycles. The van der Waals surface area contributed by atoms with E-state index in [4.69, 9.17) is 4.74 Å². The Kier molecular flexibility index (Phi) is 4.81. The van der Waals surface area contributed by atoms with Crippen molar-refractivity contribution in [2.75, 3.05) is 20.8 Å². The Morgan fingerprint density at radius 3 is 2.89 bits per heavy atom. The molecular formula is C13H17N3OS. The average molecular weight is 263 g/mol. The van der Waals surface area contributed by atoms with E-state index in [1.807, 2.05) is 29.9 Å². The summed E-state index contributed by atoms with van der Waals surface area (Å²) in [6.07, 6.45) is 1.81. The van der Waals surface area contributed by atoms with Crippen LogP contribution < -0.4 is 0 Å². The first-order chi connectivity index (χ1) is 8.81. The highest BCUT2D eigenvalue weighted by Gasteiger charge is 2.18. The number of hydrogen-bond donors (Lipinski definition) is 0. The number of nitrogens with zero attached hydrogens (tertiary/aromatic N) is 3. The molecule has 0 aromatic carbocycles. The normalized spacial score (nSPS) is 12.8. The summed E-state index contributed by atoms with van der Waals surface area (Å²) >= 11 is 1.62. The molecule has 0 aliphatic carbocycles. The number of pyridine rings is 1. The summed E-state index contributed by atoms with van der Waals surface area (Å²) in [7, 11) is 3.78. The van der Waals surface area contributed by atoms with Crippen LogP contribution in [0.5, 0.6) is 0 Å². The summed E-state index contributed by atoms with van der Waals surface area (Å²) in [4.78, 5) is 10.9. The third kappa shape index (κ3) is 3.35. The number of methoxy groups -OCH3 is 1. The van der Waals surface area contributed by atoms with E-state index in [9.17, 15) is 0 Å². The van der Waals surface area contributed by atoms with E-state index in [-0.39, 0.29) is 6.04 Å². The maximum absolute atomic E-state index is 5.30. The van der Waals surface area contributed by atoms with Gasteiger partial charge in [0.25, 0.3) is 0 Å². The first-order valence-electron chi connectivity index (χ1n) is 5.78. The molecule has 0 radical (unpaired) electrons. The van der Waals surface area contributed by atoms with Crippen LogP contribution >= 0.6 is 11.3 Å². The Morgan fingerprint density at radius 2 is 2.28 bits per heavy atom. The van der Waals surface area contributed by atoms with E-state index >= 15 is 0 Å². The van der Waals surface area contributed by atoms with Gasteiger partial charge in [-0.3, -0.25) is 9.88 Å². The highest BCUT2D eigenvalue weighted by atomic mass is 32.1. The summed E-state index contributed by atoms with van der Waals surface area (Å²) in [5.41, 5.74) is 3.96. The van der Waals surface area contributed by atoms with Crippen molar-refractivity contribution in [1.82, 2.24) is 14.9 Å². The fraction of sp³-hybridized carbons (Fsp3) is 0.385. The zero-order valence-corrected chi connectivity index (χ0v) is 11.4. The Morgan fingerprint density at radius 1 is 1.39 bits per heavy atom. The molecule has 0 N–H and O–H groups in total. The Bertz CT molecular complexity index is 447. The van der Waals surface area contributed by atoms with Gasteiger partial charge in [-0.2, -0.15) is 0 Å². The molecule has 2 rings (SSSR count). The van der Waals surface area contributed by atoms with Crippen LogP contribution in [0.3, 0.4) is 0 Å². The minimum absolute atomic E-state index is 0.151. The largest absolute Gasteiger partial charge is 0.383 e. The van der Waals surface area contributed by atoms with Crippen molar-refractivity contribution in [3.63, 3.8) is 0 Å². The monoisotopic (exact) mass is 263 g/mol. The van der Waals surface area contributed by atoms with Crippen LogP contribution in [0.4, 0.5) is 0 Å². The molecule has 0 unspecified atom stereocenters. The van der Waals surface area contributed by atoms with Crippen LogP contribution in [0.1, 0.15) is 17.4 Å². The second-order valence-electron chi connectivity index (χ2n) is 4.12. The fourth-order valence-electron chi connectivity index (χ4n) is 1.85. The predicted octanol–water partition coefficient (Wildman–Crippen LogP) is 2.36. The van der Waals surface area contributed by atoms with Gasteiger partial charge in [0.05, 0.1) is 29.5 Å². The molecule has 0 aliphatic heterocycles. The summed E-state index contributed by atoms with van der Waals surface area (Å²) in [5.74, 6) is 0. The molecule has 5 heteroatoms. The lowest BCUT2D eigenvalue weighted by atomic mass is 10.1. The molecule has 1 atom stereocenters. The van der Waals surface area contributed by atoms with Crippen LogP contribution in [-0.4, -0.2) is 35.6 Å². The van der Waals surface area contributed by atoms with Crippen LogP contribution in [0.25, 0.3) is 0 Å². The first-order valence-corrected chi connectivity index (χ1v) is 6.72. The summed E-state index contributed by atoms with van der Waals surface area (Å²) in [6, 6.07) is 6.11. The predicted molar refractivity (Wildman–Crippen MR) is 72.4 cm³/mol. The Labute approximate surface area is 111 Å². The van der Waals surface area contributed by atoms with E-state index in [2.05, 4.69) is 27.3 Å². The Hall–Kier alpha value is -1.30. The van der Waals surface area contributed by atoms with E-state index in [0.29, 0.717) is 6.61 Å². The molecule has 0 fully saturated rings. The van der Waals surface area contributed by atoms with Crippen LogP contribution in [-0.2, 0) is 11.3 Å². The van der Waals surface area contributed by atoms with Crippen molar-refractivity contribution in [2.45, 2.75) is 12.6 Å². The van der Waals surface area contributed by atoms with Crippen molar-refractivity contribution in [1.29, 1.82) is 0 Å². The number of hydrogen-bond acceptors (Lipinski definition) is 5. The smallest absolute Gasteiger partial charge is 0.0795 e. The summed E-state index contributed by atoms with van der Waals surface area (Å²) < 4.78 is 5.30. The van der Waals surface area contributed by atoms with Crippen molar-refractivity contribution in [3.8, 4) is 0 Å². The lowest BCUT2D eigenvalue weighted by molar-refractivity contribution is 0.0994. The molecule has 4 nitrogen and oxygen atoms in total. The minimum atomic E-state index is 0.151. The van der Waals surface area contributed by atoms with Gasteiger partial charge < -0.3 is 4.74 Å². The zero-order valence-electron chi connectivity index (χ0n) is 10.6. The van der Waals surface area contributed by atoms with Gasteiger partial charge in [-0.1, -0.05) is 6.07 Å². The van der Waals surface area contributed by atoms with Crippen LogP contribution in [0, 0.1) is 0 Å². The average Bonchev–Trinajstić information content (AvgIpc) is 2.89. The second-order valence-corrected chi connectivity index (χ2v) is 4.84. The maximum Gasteiger partial charge on any atom is 0.0795 e. The molecule has 96 valence electrons. The highest BCUT2D eigenvalue weighted by Crippen LogP contribution is 2.19. The SMILES string of the molecule is COC[C@@H](c1ccccn1)N(C)Cc1cscn1. The van der Waals surface area contributed by atoms with E-state index < -0.39 is 0 Å². The molecule has 0 bridgehead atoms. The van der Waals surface area contributed by atoms with E-state index in [1.54, 1.807) is 18.4 Å². The first kappa shape index (κ1) is 13.1. The number of aromatic nitrogens is 2. The molecular weight excluding hydrogens is 246 g/mol. The molecule has 2 heterocycles. The molecule has 0 amide bonds. The van der Waals surface area contributed by atoms with Crippen LogP contribution in [0.2, 0.25) is 0 Å². The molecule has 2 aromatic heterocycles. The molecule has 0 spiro atoms. The number of rotatable bonds is 6. The molecule has 0 saturated heterocycles. The third-order valence-corrected chi connectivity index (χ3v) is 3.42. The molecule has 18 heavy (non-hydrogen) atoms. The van der Waals surface area contributed by atoms with Gasteiger partial charge in [-0.25, -0.2) is 4.98 Å². The third-order valence-electron chi connectivity index (χ3n) is 2.78. The second kappa shape index (κ2) is 6.58. The van der Waals surface area contributed by atoms with Crippen LogP contribution in [0.15, 0.2) is 35.3 Å². The van der Waals surface area contributed by atoms with E-state index in [0.717, 1.165) is 17.9 Å². The standard InChI is InChI=1S/C13H17N3OS/c1-16(7-11-9-18-10-15-11)13(8-17-2)12-5-3-4-6-14-12/h3-6,9-10,13H,7-8H2,1-2H3/t13-/m0/s1. The van der Waals surface area contributed by atoms with Gasteiger partial charge in [0.15, 0.2) is 0 Å². The maximum atomic E-state index is 5.30. The quantitative estimate of drug-likeness (QED) is 0.802. The van der Waals surface area contributed by atoms with Gasteiger partial charge in [0.1, 0.15) is 0 Å². The van der Waals surface area contributed by atoms with Crippen molar-refractivity contribution in [3.05, 3.63) is 46.7 Å². The van der Waals surface area contributed by atoms with E-state index in [1.165, 1.54) is 0 Å². The zero-order chi connectivity index (χ0) is 12.8. The number of thiazole rings is 1. The lowest BCUT2D eigenvalue weighted by Crippen LogP contribution is -2.28. The van der Waals surface area contributed by atoms with Gasteiger partial charge in [0, 0.05) is 25.2 Å².